The van der Waals surface area contributed by atoms with E-state index in [9.17, 15) is 18.0 Å². The quantitative estimate of drug-likeness (QED) is 0.782. The van der Waals surface area contributed by atoms with Crippen LogP contribution in [0.25, 0.3) is 0 Å². The summed E-state index contributed by atoms with van der Waals surface area (Å²) in [5.41, 5.74) is 11.0. The maximum atomic E-state index is 13.5. The van der Waals surface area contributed by atoms with E-state index >= 15 is 0 Å². The largest absolute Gasteiger partial charge is 0.432 e. The van der Waals surface area contributed by atoms with Crippen LogP contribution in [0.4, 0.5) is 24.5 Å². The summed E-state index contributed by atoms with van der Waals surface area (Å²) in [7, 11) is 0. The number of carbonyl (C=O) groups excluding carboxylic acids is 1. The normalized spacial score (nSPS) is 10.9. The topological polar surface area (TPSA) is 81.6 Å². The number of halogens is 3. The SMILES string of the molecule is CC(C)N(CC(N)=O)c1cc(OC(F)F)c(F)cc1N. The van der Waals surface area contributed by atoms with Gasteiger partial charge in [0.15, 0.2) is 11.6 Å². The van der Waals surface area contributed by atoms with Crippen LogP contribution in [-0.2, 0) is 4.79 Å². The summed E-state index contributed by atoms with van der Waals surface area (Å²) in [6.45, 7) is 0.157. The van der Waals surface area contributed by atoms with Crippen LogP contribution in [0.5, 0.6) is 5.75 Å². The third-order valence-corrected chi connectivity index (χ3v) is 2.56. The highest BCUT2D eigenvalue weighted by Crippen LogP contribution is 2.32. The Bertz CT molecular complexity index is 495. The predicted molar refractivity (Wildman–Crippen MR) is 69.1 cm³/mol. The van der Waals surface area contributed by atoms with Crippen molar-refractivity contribution in [1.29, 1.82) is 0 Å². The van der Waals surface area contributed by atoms with Crippen LogP contribution in [0, 0.1) is 5.82 Å². The second kappa shape index (κ2) is 6.36. The van der Waals surface area contributed by atoms with Crippen molar-refractivity contribution in [2.75, 3.05) is 17.2 Å². The maximum Gasteiger partial charge on any atom is 0.387 e. The standard InChI is InChI=1S/C12H16F3N3O2/c1-6(2)18(5-11(17)19)9-4-10(20-12(14)15)7(13)3-8(9)16/h3-4,6,12H,5,16H2,1-2H3,(H2,17,19). The number of anilines is 2. The van der Waals surface area contributed by atoms with Gasteiger partial charge in [0.1, 0.15) is 0 Å². The van der Waals surface area contributed by atoms with Crippen molar-refractivity contribution in [1.82, 2.24) is 0 Å². The molecule has 0 fully saturated rings. The van der Waals surface area contributed by atoms with Gasteiger partial charge in [-0.25, -0.2) is 4.39 Å². The van der Waals surface area contributed by atoms with Crippen LogP contribution in [0.1, 0.15) is 13.8 Å². The molecule has 5 nitrogen and oxygen atoms in total. The van der Waals surface area contributed by atoms with Crippen molar-refractivity contribution in [3.05, 3.63) is 17.9 Å². The van der Waals surface area contributed by atoms with E-state index in [1.165, 1.54) is 4.90 Å². The van der Waals surface area contributed by atoms with E-state index in [1.54, 1.807) is 13.8 Å². The lowest BCUT2D eigenvalue weighted by molar-refractivity contribution is -0.116. The van der Waals surface area contributed by atoms with Crippen LogP contribution in [0.2, 0.25) is 0 Å². The lowest BCUT2D eigenvalue weighted by Crippen LogP contribution is -2.39. The monoisotopic (exact) mass is 291 g/mol. The maximum absolute atomic E-state index is 13.5. The number of amides is 1. The van der Waals surface area contributed by atoms with Crippen LogP contribution in [0.3, 0.4) is 0 Å². The highest BCUT2D eigenvalue weighted by Gasteiger charge is 2.20. The van der Waals surface area contributed by atoms with Gasteiger partial charge in [-0.05, 0) is 13.8 Å². The molecule has 0 saturated heterocycles. The molecule has 0 aliphatic carbocycles. The fourth-order valence-corrected chi connectivity index (χ4v) is 1.71. The lowest BCUT2D eigenvalue weighted by Gasteiger charge is -2.29. The van der Waals surface area contributed by atoms with E-state index in [4.69, 9.17) is 11.5 Å². The van der Waals surface area contributed by atoms with Crippen molar-refractivity contribution < 1.29 is 22.7 Å². The molecule has 112 valence electrons. The van der Waals surface area contributed by atoms with Crippen LogP contribution >= 0.6 is 0 Å². The number of rotatable bonds is 6. The molecule has 0 radical (unpaired) electrons. The molecule has 20 heavy (non-hydrogen) atoms. The van der Waals surface area contributed by atoms with Crippen molar-refractivity contribution in [2.24, 2.45) is 5.73 Å². The number of hydrogen-bond acceptors (Lipinski definition) is 4. The first kappa shape index (κ1) is 15.9. The van der Waals surface area contributed by atoms with Crippen LogP contribution in [0.15, 0.2) is 12.1 Å². The zero-order chi connectivity index (χ0) is 15.4. The molecule has 0 spiro atoms. The Hall–Kier alpha value is -2.12. The molecule has 4 N–H and O–H groups in total. The summed E-state index contributed by atoms with van der Waals surface area (Å²) < 4.78 is 41.9. The number of nitrogens with zero attached hydrogens (tertiary/aromatic N) is 1. The highest BCUT2D eigenvalue weighted by molar-refractivity contribution is 5.82. The Labute approximate surface area is 114 Å². The minimum atomic E-state index is -3.16. The molecule has 0 aliphatic heterocycles. The number of nitrogens with two attached hydrogens (primary N) is 2. The molecule has 0 heterocycles. The van der Waals surface area contributed by atoms with E-state index in [-0.39, 0.29) is 24.0 Å². The van der Waals surface area contributed by atoms with Crippen LogP contribution < -0.4 is 21.1 Å². The number of carbonyl (C=O) groups is 1. The minimum absolute atomic E-state index is 0.000865. The average Bonchev–Trinajstić information content (AvgIpc) is 2.29. The van der Waals surface area contributed by atoms with Gasteiger partial charge in [-0.2, -0.15) is 8.78 Å². The predicted octanol–water partition coefficient (Wildman–Crippen LogP) is 1.71. The molecule has 0 atom stereocenters. The summed E-state index contributed by atoms with van der Waals surface area (Å²) in [6.07, 6.45) is 0. The molecule has 8 heteroatoms. The fourth-order valence-electron chi connectivity index (χ4n) is 1.71. The number of primary amides is 1. The van der Waals surface area contributed by atoms with Crippen molar-refractivity contribution in [3.63, 3.8) is 0 Å². The fraction of sp³-hybridized carbons (Fsp3) is 0.417. The first-order valence-electron chi connectivity index (χ1n) is 5.81. The minimum Gasteiger partial charge on any atom is -0.432 e. The molecule has 0 aliphatic rings. The Morgan fingerprint density at radius 3 is 2.45 bits per heavy atom. The summed E-state index contributed by atoms with van der Waals surface area (Å²) >= 11 is 0. The van der Waals surface area contributed by atoms with Gasteiger partial charge in [-0.3, -0.25) is 4.79 Å². The average molecular weight is 291 g/mol. The van der Waals surface area contributed by atoms with Gasteiger partial charge < -0.3 is 21.1 Å². The zero-order valence-electron chi connectivity index (χ0n) is 11.1. The molecule has 1 rings (SSSR count). The van der Waals surface area contributed by atoms with Gasteiger partial charge in [-0.15, -0.1) is 0 Å². The molecular formula is C12H16F3N3O2. The molecule has 1 aromatic rings. The molecule has 0 bridgehead atoms. The summed E-state index contributed by atoms with van der Waals surface area (Å²) in [4.78, 5) is 12.5. The van der Waals surface area contributed by atoms with Gasteiger partial charge >= 0.3 is 6.61 Å². The van der Waals surface area contributed by atoms with Gasteiger partial charge in [-0.1, -0.05) is 0 Å². The van der Waals surface area contributed by atoms with E-state index in [2.05, 4.69) is 4.74 Å². The molecule has 1 aromatic carbocycles. The Morgan fingerprint density at radius 2 is 2.00 bits per heavy atom. The van der Waals surface area contributed by atoms with E-state index in [1.807, 2.05) is 0 Å². The van der Waals surface area contributed by atoms with Crippen LogP contribution in [-0.4, -0.2) is 25.1 Å². The molecule has 0 aromatic heterocycles. The molecule has 1 amide bonds. The third kappa shape index (κ3) is 3.94. The smallest absolute Gasteiger partial charge is 0.387 e. The van der Waals surface area contributed by atoms with Gasteiger partial charge in [0.05, 0.1) is 17.9 Å². The molecular weight excluding hydrogens is 275 g/mol. The van der Waals surface area contributed by atoms with Crippen molar-refractivity contribution in [2.45, 2.75) is 26.5 Å². The molecule has 0 unspecified atom stereocenters. The summed E-state index contributed by atoms with van der Waals surface area (Å²) in [5, 5.41) is 0. The number of benzene rings is 1. The molecule has 0 saturated carbocycles. The Morgan fingerprint density at radius 1 is 1.40 bits per heavy atom. The first-order chi connectivity index (χ1) is 9.22. The van der Waals surface area contributed by atoms with Crippen molar-refractivity contribution in [3.8, 4) is 5.75 Å². The van der Waals surface area contributed by atoms with E-state index in [0.29, 0.717) is 0 Å². The lowest BCUT2D eigenvalue weighted by atomic mass is 10.2. The zero-order valence-corrected chi connectivity index (χ0v) is 11.1. The number of hydrogen-bond donors (Lipinski definition) is 2. The van der Waals surface area contributed by atoms with Gasteiger partial charge in [0, 0.05) is 18.2 Å². The van der Waals surface area contributed by atoms with Crippen molar-refractivity contribution >= 4 is 17.3 Å². The summed E-state index contributed by atoms with van der Waals surface area (Å²) in [5.74, 6) is -2.27. The number of ether oxygens (including phenoxy) is 1. The van der Waals surface area contributed by atoms with Gasteiger partial charge in [0.25, 0.3) is 0 Å². The van der Waals surface area contributed by atoms with E-state index < -0.39 is 24.1 Å². The van der Waals surface area contributed by atoms with Gasteiger partial charge in [0.2, 0.25) is 5.91 Å². The second-order valence-corrected chi connectivity index (χ2v) is 4.41. The number of nitrogen functional groups attached to an aromatic ring is 1. The first-order valence-corrected chi connectivity index (χ1v) is 5.81. The third-order valence-electron chi connectivity index (χ3n) is 2.56. The Kier molecular flexibility index (Phi) is 5.06. The van der Waals surface area contributed by atoms with E-state index in [0.717, 1.165) is 12.1 Å². The number of alkyl halides is 2. The second-order valence-electron chi connectivity index (χ2n) is 4.41. The Balaban J connectivity index is 3.23. The highest BCUT2D eigenvalue weighted by atomic mass is 19.3. The summed E-state index contributed by atoms with van der Waals surface area (Å²) in [6, 6.07) is 1.69.